The van der Waals surface area contributed by atoms with Crippen molar-refractivity contribution in [3.63, 3.8) is 0 Å². The highest BCUT2D eigenvalue weighted by Gasteiger charge is 2.35. The zero-order chi connectivity index (χ0) is 14.0. The second kappa shape index (κ2) is 5.80. The minimum Gasteiger partial charge on any atom is -0.480 e. The number of carbonyl (C=O) groups excluding carboxylic acids is 1. The lowest BCUT2D eigenvalue weighted by molar-refractivity contribution is -0.137. The summed E-state index contributed by atoms with van der Waals surface area (Å²) >= 11 is 0. The molecule has 0 bridgehead atoms. The number of hydrogen-bond donors (Lipinski definition) is 2. The lowest BCUT2D eigenvalue weighted by Gasteiger charge is -2.34. The number of nitrogens with one attached hydrogen (secondary N) is 1. The van der Waals surface area contributed by atoms with E-state index in [2.05, 4.69) is 19.2 Å². The first-order valence-electron chi connectivity index (χ1n) is 7.26. The first-order valence-corrected chi connectivity index (χ1v) is 7.26. The molecule has 3 atom stereocenters. The summed E-state index contributed by atoms with van der Waals surface area (Å²) in [5.74, 6) is 0.396. The van der Waals surface area contributed by atoms with Crippen molar-refractivity contribution in [1.82, 2.24) is 10.2 Å². The number of aliphatic carboxylic acids is 1. The Morgan fingerprint density at radius 1 is 1.16 bits per heavy atom. The summed E-state index contributed by atoms with van der Waals surface area (Å²) in [6, 6.07) is 0.140. The predicted molar refractivity (Wildman–Crippen MR) is 71.9 cm³/mol. The molecule has 19 heavy (non-hydrogen) atoms. The molecule has 0 saturated heterocycles. The number of carbonyl (C=O) groups is 2. The van der Waals surface area contributed by atoms with Crippen LogP contribution in [0.1, 0.15) is 46.0 Å². The second-order valence-electron chi connectivity index (χ2n) is 6.17. The van der Waals surface area contributed by atoms with Crippen molar-refractivity contribution in [2.75, 3.05) is 6.54 Å². The number of hydrogen-bond acceptors (Lipinski definition) is 2. The van der Waals surface area contributed by atoms with Crippen molar-refractivity contribution >= 4 is 12.0 Å². The van der Waals surface area contributed by atoms with Gasteiger partial charge in [0.05, 0.1) is 0 Å². The number of carboxylic acids is 1. The van der Waals surface area contributed by atoms with Gasteiger partial charge >= 0.3 is 12.0 Å². The van der Waals surface area contributed by atoms with Crippen LogP contribution in [0.15, 0.2) is 0 Å². The Morgan fingerprint density at radius 3 is 2.37 bits per heavy atom. The molecule has 0 aromatic rings. The third kappa shape index (κ3) is 3.85. The average Bonchev–Trinajstić information content (AvgIpc) is 3.14. The fraction of sp³-hybridized carbons (Fsp3) is 0.857. The highest BCUT2D eigenvalue weighted by Crippen LogP contribution is 2.30. The Bertz CT molecular complexity index is 355. The second-order valence-corrected chi connectivity index (χ2v) is 6.17. The van der Waals surface area contributed by atoms with Crippen LogP contribution >= 0.6 is 0 Å². The van der Waals surface area contributed by atoms with E-state index in [4.69, 9.17) is 5.11 Å². The summed E-state index contributed by atoms with van der Waals surface area (Å²) in [5, 5.41) is 11.9. The molecule has 0 heterocycles. The minimum absolute atomic E-state index is 0.135. The van der Waals surface area contributed by atoms with E-state index in [9.17, 15) is 9.59 Å². The van der Waals surface area contributed by atoms with E-state index >= 15 is 0 Å². The lowest BCUT2D eigenvalue weighted by atomic mass is 9.79. The summed E-state index contributed by atoms with van der Waals surface area (Å²) in [6.45, 7) is 4.29. The van der Waals surface area contributed by atoms with Gasteiger partial charge in [-0.1, -0.05) is 13.8 Å². The average molecular weight is 268 g/mol. The largest absolute Gasteiger partial charge is 0.480 e. The Kier molecular flexibility index (Phi) is 4.32. The van der Waals surface area contributed by atoms with Crippen molar-refractivity contribution in [1.29, 1.82) is 0 Å². The molecule has 2 N–H and O–H groups in total. The lowest BCUT2D eigenvalue weighted by Crippen LogP contribution is -2.49. The molecule has 0 spiro atoms. The number of carboxylic acid groups (broad SMARTS) is 1. The summed E-state index contributed by atoms with van der Waals surface area (Å²) < 4.78 is 0. The fourth-order valence-electron chi connectivity index (χ4n) is 2.83. The van der Waals surface area contributed by atoms with E-state index in [1.807, 2.05) is 0 Å². The van der Waals surface area contributed by atoms with Crippen molar-refractivity contribution in [3.8, 4) is 0 Å². The normalized spacial score (nSPS) is 30.7. The standard InChI is InChI=1S/C14H24N2O3/c1-9-3-4-11(7-10(9)2)15-14(19)16(8-13(17)18)12-5-6-12/h9-12H,3-8H2,1-2H3,(H,15,19)(H,17,18). The molecule has 2 saturated carbocycles. The molecular formula is C14H24N2O3. The quantitative estimate of drug-likeness (QED) is 0.820. The van der Waals surface area contributed by atoms with Gasteiger partial charge in [0.2, 0.25) is 0 Å². The van der Waals surface area contributed by atoms with Gasteiger partial charge in [0.1, 0.15) is 6.54 Å². The van der Waals surface area contributed by atoms with Crippen LogP contribution < -0.4 is 5.32 Å². The predicted octanol–water partition coefficient (Wildman–Crippen LogP) is 2.07. The Balaban J connectivity index is 1.86. The molecule has 2 amide bonds. The van der Waals surface area contributed by atoms with Gasteiger partial charge in [0, 0.05) is 12.1 Å². The van der Waals surface area contributed by atoms with E-state index in [-0.39, 0.29) is 24.7 Å². The van der Waals surface area contributed by atoms with E-state index < -0.39 is 5.97 Å². The Labute approximate surface area is 114 Å². The van der Waals surface area contributed by atoms with E-state index in [0.717, 1.165) is 32.1 Å². The van der Waals surface area contributed by atoms with Crippen LogP contribution in [0, 0.1) is 11.8 Å². The summed E-state index contributed by atoms with van der Waals surface area (Å²) in [5.41, 5.74) is 0. The van der Waals surface area contributed by atoms with Gasteiger partial charge in [-0.15, -0.1) is 0 Å². The molecule has 0 aromatic heterocycles. The zero-order valence-corrected chi connectivity index (χ0v) is 11.8. The maximum atomic E-state index is 12.2. The first-order chi connectivity index (χ1) is 8.97. The molecule has 0 radical (unpaired) electrons. The molecule has 0 aromatic carbocycles. The smallest absolute Gasteiger partial charge is 0.323 e. The summed E-state index contributed by atoms with van der Waals surface area (Å²) in [4.78, 5) is 24.5. The topological polar surface area (TPSA) is 69.6 Å². The van der Waals surface area contributed by atoms with Gasteiger partial charge in [0.15, 0.2) is 0 Å². The van der Waals surface area contributed by atoms with Crippen LogP contribution in [0.5, 0.6) is 0 Å². The molecule has 5 nitrogen and oxygen atoms in total. The Morgan fingerprint density at radius 2 is 1.84 bits per heavy atom. The van der Waals surface area contributed by atoms with E-state index in [0.29, 0.717) is 11.8 Å². The molecule has 2 aliphatic rings. The number of nitrogens with zero attached hydrogens (tertiary/aromatic N) is 1. The number of amides is 2. The molecule has 2 rings (SSSR count). The highest BCUT2D eigenvalue weighted by molar-refractivity contribution is 5.80. The van der Waals surface area contributed by atoms with Crippen molar-refractivity contribution < 1.29 is 14.7 Å². The number of rotatable bonds is 4. The van der Waals surface area contributed by atoms with Crippen LogP contribution in [-0.2, 0) is 4.79 Å². The third-order valence-corrected chi connectivity index (χ3v) is 4.48. The first kappa shape index (κ1) is 14.2. The maximum absolute atomic E-state index is 12.2. The monoisotopic (exact) mass is 268 g/mol. The van der Waals surface area contributed by atoms with Crippen LogP contribution in [-0.4, -0.2) is 40.6 Å². The van der Waals surface area contributed by atoms with Crippen molar-refractivity contribution in [2.45, 2.75) is 58.0 Å². The van der Waals surface area contributed by atoms with Crippen molar-refractivity contribution in [2.24, 2.45) is 11.8 Å². The van der Waals surface area contributed by atoms with E-state index in [1.54, 1.807) is 0 Å². The van der Waals surface area contributed by atoms with E-state index in [1.165, 1.54) is 4.90 Å². The zero-order valence-electron chi connectivity index (χ0n) is 11.8. The van der Waals surface area contributed by atoms with Gasteiger partial charge in [-0.05, 0) is 43.9 Å². The molecule has 2 fully saturated rings. The third-order valence-electron chi connectivity index (χ3n) is 4.48. The number of urea groups is 1. The van der Waals surface area contributed by atoms with Gasteiger partial charge in [-0.3, -0.25) is 4.79 Å². The van der Waals surface area contributed by atoms with Crippen molar-refractivity contribution in [3.05, 3.63) is 0 Å². The van der Waals surface area contributed by atoms with Gasteiger partial charge in [0.25, 0.3) is 0 Å². The van der Waals surface area contributed by atoms with Gasteiger partial charge < -0.3 is 15.3 Å². The molecule has 5 heteroatoms. The maximum Gasteiger partial charge on any atom is 0.323 e. The molecule has 108 valence electrons. The Hall–Kier alpha value is -1.26. The van der Waals surface area contributed by atoms with Crippen LogP contribution in [0.4, 0.5) is 4.79 Å². The summed E-state index contributed by atoms with van der Waals surface area (Å²) in [7, 11) is 0. The minimum atomic E-state index is -0.937. The highest BCUT2D eigenvalue weighted by atomic mass is 16.4. The van der Waals surface area contributed by atoms with Gasteiger partial charge in [-0.2, -0.15) is 0 Å². The van der Waals surface area contributed by atoms with Crippen LogP contribution in [0.3, 0.4) is 0 Å². The molecule has 3 unspecified atom stereocenters. The van der Waals surface area contributed by atoms with Crippen LogP contribution in [0.2, 0.25) is 0 Å². The van der Waals surface area contributed by atoms with Crippen LogP contribution in [0.25, 0.3) is 0 Å². The molecule has 2 aliphatic carbocycles. The molecular weight excluding hydrogens is 244 g/mol. The molecule has 0 aliphatic heterocycles. The summed E-state index contributed by atoms with van der Waals surface area (Å²) in [6.07, 6.45) is 4.99. The SMILES string of the molecule is CC1CCC(NC(=O)N(CC(=O)O)C2CC2)CC1C. The van der Waals surface area contributed by atoms with Gasteiger partial charge in [-0.25, -0.2) is 4.79 Å². The fourth-order valence-corrected chi connectivity index (χ4v) is 2.83.